The van der Waals surface area contributed by atoms with E-state index in [0.29, 0.717) is 26.1 Å². The van der Waals surface area contributed by atoms with Gasteiger partial charge in [0.05, 0.1) is 11.1 Å². The lowest BCUT2D eigenvalue weighted by Gasteiger charge is -2.09. The summed E-state index contributed by atoms with van der Waals surface area (Å²) in [6.07, 6.45) is 2.15. The summed E-state index contributed by atoms with van der Waals surface area (Å²) < 4.78 is 5.78. The van der Waals surface area contributed by atoms with Crippen LogP contribution in [0.15, 0.2) is 16.7 Å². The lowest BCUT2D eigenvalue weighted by molar-refractivity contribution is -0.121. The zero-order valence-corrected chi connectivity index (χ0v) is 12.2. The van der Waals surface area contributed by atoms with Crippen LogP contribution in [0.2, 0.25) is 0 Å². The van der Waals surface area contributed by atoms with Crippen LogP contribution in [0.1, 0.15) is 12.0 Å². The molecule has 2 N–H and O–H groups in total. The van der Waals surface area contributed by atoms with Crippen LogP contribution in [-0.4, -0.2) is 37.7 Å². The number of hydrogen-bond donors (Lipinski definition) is 2. The molecular formula is C12H18BrN3O2. The number of methoxy groups -OCH3 is 1. The predicted octanol–water partition coefficient (Wildman–Crippen LogP) is 1.72. The number of anilines is 1. The summed E-state index contributed by atoms with van der Waals surface area (Å²) in [4.78, 5) is 15.6. The van der Waals surface area contributed by atoms with Gasteiger partial charge in [0.1, 0.15) is 5.82 Å². The van der Waals surface area contributed by atoms with Crippen molar-refractivity contribution in [2.45, 2.75) is 13.3 Å². The number of hydrogen-bond acceptors (Lipinski definition) is 4. The number of rotatable bonds is 7. The van der Waals surface area contributed by atoms with E-state index in [2.05, 4.69) is 31.5 Å². The highest BCUT2D eigenvalue weighted by atomic mass is 79.9. The number of nitrogens with zero attached hydrogens (tertiary/aromatic N) is 1. The Hall–Kier alpha value is -1.14. The molecule has 0 spiro atoms. The fraction of sp³-hybridized carbons (Fsp3) is 0.500. The highest BCUT2D eigenvalue weighted by Crippen LogP contribution is 2.22. The molecule has 0 aliphatic carbocycles. The van der Waals surface area contributed by atoms with Crippen LogP contribution in [-0.2, 0) is 9.53 Å². The van der Waals surface area contributed by atoms with Crippen molar-refractivity contribution in [2.24, 2.45) is 0 Å². The summed E-state index contributed by atoms with van der Waals surface area (Å²) in [5.41, 5.74) is 1.11. The summed E-state index contributed by atoms with van der Waals surface area (Å²) in [5.74, 6) is 0.767. The van der Waals surface area contributed by atoms with Gasteiger partial charge in [-0.05, 0) is 34.5 Å². The number of aryl methyl sites for hydroxylation is 1. The maximum absolute atomic E-state index is 11.4. The molecule has 0 saturated carbocycles. The van der Waals surface area contributed by atoms with Crippen molar-refractivity contribution < 1.29 is 9.53 Å². The minimum absolute atomic E-state index is 0.00308. The van der Waals surface area contributed by atoms with Crippen LogP contribution in [0.25, 0.3) is 0 Å². The Morgan fingerprint density at radius 3 is 3.00 bits per heavy atom. The number of carbonyl (C=O) groups excluding carboxylic acids is 1. The Bertz CT molecular complexity index is 399. The molecule has 1 rings (SSSR count). The van der Waals surface area contributed by atoms with E-state index in [-0.39, 0.29) is 5.91 Å². The highest BCUT2D eigenvalue weighted by Gasteiger charge is 2.04. The summed E-state index contributed by atoms with van der Waals surface area (Å²) in [5, 5.41) is 5.88. The molecule has 1 aromatic heterocycles. The first-order chi connectivity index (χ1) is 8.65. The first kappa shape index (κ1) is 14.9. The minimum Gasteiger partial charge on any atom is -0.383 e. The van der Waals surface area contributed by atoms with Gasteiger partial charge in [-0.25, -0.2) is 4.98 Å². The Kier molecular flexibility index (Phi) is 6.67. The Morgan fingerprint density at radius 2 is 2.28 bits per heavy atom. The lowest BCUT2D eigenvalue weighted by atomic mass is 10.3. The van der Waals surface area contributed by atoms with Crippen LogP contribution in [0.5, 0.6) is 0 Å². The Morgan fingerprint density at radius 1 is 1.50 bits per heavy atom. The van der Waals surface area contributed by atoms with Gasteiger partial charge in [-0.2, -0.15) is 0 Å². The van der Waals surface area contributed by atoms with Crippen molar-refractivity contribution in [3.63, 3.8) is 0 Å². The zero-order valence-electron chi connectivity index (χ0n) is 10.6. The summed E-state index contributed by atoms with van der Waals surface area (Å²) in [6.45, 7) is 3.62. The first-order valence-corrected chi connectivity index (χ1v) is 6.55. The third-order valence-electron chi connectivity index (χ3n) is 2.36. The molecule has 0 unspecified atom stereocenters. The number of halogens is 1. The molecule has 0 aliphatic rings. The van der Waals surface area contributed by atoms with E-state index >= 15 is 0 Å². The van der Waals surface area contributed by atoms with Gasteiger partial charge < -0.3 is 15.4 Å². The van der Waals surface area contributed by atoms with Crippen molar-refractivity contribution in [2.75, 3.05) is 32.1 Å². The number of carbonyl (C=O) groups is 1. The predicted molar refractivity (Wildman–Crippen MR) is 74.7 cm³/mol. The molecule has 0 radical (unpaired) electrons. The molecule has 1 aromatic rings. The van der Waals surface area contributed by atoms with E-state index in [1.165, 1.54) is 0 Å². The summed E-state index contributed by atoms with van der Waals surface area (Å²) in [6, 6.07) is 1.92. The van der Waals surface area contributed by atoms with Crippen molar-refractivity contribution >= 4 is 27.7 Å². The van der Waals surface area contributed by atoms with Crippen LogP contribution in [0, 0.1) is 6.92 Å². The van der Waals surface area contributed by atoms with Gasteiger partial charge in [-0.15, -0.1) is 0 Å². The van der Waals surface area contributed by atoms with E-state index < -0.39 is 0 Å². The smallest absolute Gasteiger partial charge is 0.221 e. The maximum atomic E-state index is 11.4. The molecule has 1 heterocycles. The second kappa shape index (κ2) is 8.05. The van der Waals surface area contributed by atoms with E-state index in [1.54, 1.807) is 13.3 Å². The average Bonchev–Trinajstić information content (AvgIpc) is 2.35. The monoisotopic (exact) mass is 315 g/mol. The van der Waals surface area contributed by atoms with Gasteiger partial charge in [-0.1, -0.05) is 0 Å². The van der Waals surface area contributed by atoms with E-state index in [4.69, 9.17) is 4.74 Å². The van der Waals surface area contributed by atoms with Gasteiger partial charge in [0.2, 0.25) is 5.91 Å². The lowest BCUT2D eigenvalue weighted by Crippen LogP contribution is -2.28. The molecule has 0 bridgehead atoms. The minimum atomic E-state index is 0.00308. The van der Waals surface area contributed by atoms with Crippen molar-refractivity contribution in [3.8, 4) is 0 Å². The highest BCUT2D eigenvalue weighted by molar-refractivity contribution is 9.10. The quantitative estimate of drug-likeness (QED) is 0.752. The van der Waals surface area contributed by atoms with Crippen LogP contribution in [0.4, 0.5) is 5.82 Å². The van der Waals surface area contributed by atoms with Gasteiger partial charge in [0, 0.05) is 32.8 Å². The third-order valence-corrected chi connectivity index (χ3v) is 3.36. The first-order valence-electron chi connectivity index (χ1n) is 5.75. The third kappa shape index (κ3) is 5.01. The van der Waals surface area contributed by atoms with Gasteiger partial charge in [-0.3, -0.25) is 4.79 Å². The van der Waals surface area contributed by atoms with Crippen molar-refractivity contribution in [3.05, 3.63) is 22.3 Å². The van der Waals surface area contributed by atoms with Crippen LogP contribution in [0.3, 0.4) is 0 Å². The molecule has 18 heavy (non-hydrogen) atoms. The number of nitrogens with one attached hydrogen (secondary N) is 2. The maximum Gasteiger partial charge on any atom is 0.221 e. The molecule has 100 valence electrons. The topological polar surface area (TPSA) is 63.2 Å². The van der Waals surface area contributed by atoms with Crippen LogP contribution < -0.4 is 10.6 Å². The fourth-order valence-corrected chi connectivity index (χ4v) is 1.71. The molecule has 5 nitrogen and oxygen atoms in total. The second-order valence-corrected chi connectivity index (χ2v) is 4.60. The summed E-state index contributed by atoms with van der Waals surface area (Å²) in [7, 11) is 1.61. The summed E-state index contributed by atoms with van der Waals surface area (Å²) >= 11 is 3.46. The van der Waals surface area contributed by atoms with Gasteiger partial charge >= 0.3 is 0 Å². The number of aromatic nitrogens is 1. The van der Waals surface area contributed by atoms with Crippen molar-refractivity contribution in [1.29, 1.82) is 0 Å². The van der Waals surface area contributed by atoms with Crippen LogP contribution >= 0.6 is 15.9 Å². The van der Waals surface area contributed by atoms with E-state index in [9.17, 15) is 4.79 Å². The Balaban J connectivity index is 2.29. The molecule has 1 amide bonds. The molecule has 0 aliphatic heterocycles. The average molecular weight is 316 g/mol. The molecular weight excluding hydrogens is 298 g/mol. The van der Waals surface area contributed by atoms with Gasteiger partial charge in [0.15, 0.2) is 0 Å². The largest absolute Gasteiger partial charge is 0.383 e. The number of pyridine rings is 1. The molecule has 0 fully saturated rings. The fourth-order valence-electron chi connectivity index (χ4n) is 1.34. The normalized spacial score (nSPS) is 10.2. The molecule has 6 heteroatoms. The van der Waals surface area contributed by atoms with E-state index in [0.717, 1.165) is 15.9 Å². The van der Waals surface area contributed by atoms with E-state index in [1.807, 2.05) is 13.0 Å². The Labute approximate surface area is 115 Å². The molecule has 0 atom stereocenters. The SMILES string of the molecule is COCCNC(=O)CCNc1nccc(C)c1Br. The standard InChI is InChI=1S/C12H18BrN3O2/c1-9-3-5-15-12(11(9)13)16-6-4-10(17)14-7-8-18-2/h3,5H,4,6-8H2,1-2H3,(H,14,17)(H,15,16). The van der Waals surface area contributed by atoms with Crippen molar-refractivity contribution in [1.82, 2.24) is 10.3 Å². The number of ether oxygens (including phenoxy) is 1. The number of amides is 1. The zero-order chi connectivity index (χ0) is 13.4. The molecule has 0 saturated heterocycles. The second-order valence-electron chi connectivity index (χ2n) is 3.81. The molecule has 0 aromatic carbocycles. The van der Waals surface area contributed by atoms with Gasteiger partial charge in [0.25, 0.3) is 0 Å².